The molecule has 1 N–H and O–H groups in total. The third kappa shape index (κ3) is 13.4. The number of carbonyl (C=O) groups excluding carboxylic acids is 2. The number of anilines is 1. The number of rotatable bonds is 5. The van der Waals surface area contributed by atoms with Crippen molar-refractivity contribution >= 4 is 17.4 Å². The number of hydrogen-bond donors (Lipinski definition) is 1. The molecule has 0 radical (unpaired) electrons. The Bertz CT molecular complexity index is 937. The van der Waals surface area contributed by atoms with Gasteiger partial charge in [-0.1, -0.05) is 51.0 Å². The van der Waals surface area contributed by atoms with Crippen molar-refractivity contribution in [2.24, 2.45) is 11.8 Å². The summed E-state index contributed by atoms with van der Waals surface area (Å²) in [5.74, 6) is 1.26. The van der Waals surface area contributed by atoms with Gasteiger partial charge in [-0.15, -0.1) is 24.3 Å². The zero-order chi connectivity index (χ0) is 25.5. The summed E-state index contributed by atoms with van der Waals surface area (Å²) in [7, 11) is 0. The van der Waals surface area contributed by atoms with Crippen molar-refractivity contribution in [3.05, 3.63) is 72.1 Å². The first-order valence-corrected chi connectivity index (χ1v) is 12.5. The fraction of sp³-hybridized carbons (Fsp3) is 0.484. The summed E-state index contributed by atoms with van der Waals surface area (Å²) >= 11 is 0. The van der Waals surface area contributed by atoms with Gasteiger partial charge >= 0.3 is 31.1 Å². The number of nitrogens with one attached hydrogen (secondary N) is 1. The summed E-state index contributed by atoms with van der Waals surface area (Å²) in [6.45, 7) is 12.2. The van der Waals surface area contributed by atoms with Crippen molar-refractivity contribution in [2.45, 2.75) is 86.5 Å². The van der Waals surface area contributed by atoms with Crippen molar-refractivity contribution in [3.8, 4) is 6.07 Å². The molecule has 0 saturated heterocycles. The van der Waals surface area contributed by atoms with Crippen LogP contribution in [0, 0.1) is 81.6 Å². The van der Waals surface area contributed by atoms with Gasteiger partial charge in [-0.25, -0.2) is 0 Å². The Morgan fingerprint density at radius 3 is 2.03 bits per heavy atom. The van der Waals surface area contributed by atoms with Crippen molar-refractivity contribution in [1.82, 2.24) is 0 Å². The fourth-order valence-electron chi connectivity index (χ4n) is 4.09. The Balaban J connectivity index is 0. The monoisotopic (exact) mass is 714 g/mol. The van der Waals surface area contributed by atoms with Crippen LogP contribution in [0.1, 0.15) is 88.5 Å². The summed E-state index contributed by atoms with van der Waals surface area (Å²) in [5, 5.41) is 11.7. The minimum Gasteiger partial charge on any atom is -0.358 e. The van der Waals surface area contributed by atoms with E-state index in [-0.39, 0.29) is 56.1 Å². The first-order valence-electron chi connectivity index (χ1n) is 12.5. The molecule has 0 heterocycles. The van der Waals surface area contributed by atoms with Crippen LogP contribution in [-0.4, -0.2) is 11.7 Å². The van der Waals surface area contributed by atoms with Crippen molar-refractivity contribution in [3.63, 3.8) is 0 Å². The average molecular weight is 715 g/mol. The maximum Gasteiger partial charge on any atom is 2.00 e. The molecule has 0 spiro atoms. The number of nitrogens with zero attached hydrogens (tertiary/aromatic N) is 1. The third-order valence-electron chi connectivity index (χ3n) is 6.48. The molecule has 4 nitrogen and oxygen atoms in total. The Hall–Kier alpha value is -1.88. The Labute approximate surface area is 244 Å². The van der Waals surface area contributed by atoms with Crippen LogP contribution in [0.2, 0.25) is 0 Å². The fourth-order valence-corrected chi connectivity index (χ4v) is 4.09. The Kier molecular flexibility index (Phi) is 20.4. The van der Waals surface area contributed by atoms with E-state index in [4.69, 9.17) is 5.26 Å². The van der Waals surface area contributed by atoms with Gasteiger partial charge in [0.05, 0.1) is 0 Å². The molecule has 1 aliphatic rings. The van der Waals surface area contributed by atoms with Crippen LogP contribution < -0.4 is 5.32 Å². The number of aryl methyl sites for hydroxylation is 2. The Morgan fingerprint density at radius 1 is 1.06 bits per heavy atom. The first kappa shape index (κ1) is 36.3. The Morgan fingerprint density at radius 2 is 1.61 bits per heavy atom. The summed E-state index contributed by atoms with van der Waals surface area (Å²) in [6, 6.07) is 16.4. The second kappa shape index (κ2) is 20.2. The zero-order valence-corrected chi connectivity index (χ0v) is 27.5. The van der Waals surface area contributed by atoms with Gasteiger partial charge in [-0.3, -0.25) is 10.1 Å². The van der Waals surface area contributed by atoms with Crippen LogP contribution in [-0.2, 0) is 16.0 Å². The molecule has 2 aromatic carbocycles. The van der Waals surface area contributed by atoms with Crippen molar-refractivity contribution in [2.75, 3.05) is 5.32 Å². The molecular formula is C31H44N2O2U. The smallest absolute Gasteiger partial charge is 0.358 e. The molecule has 36 heavy (non-hydrogen) atoms. The molecule has 5 heteroatoms. The number of nitriles is 1. The van der Waals surface area contributed by atoms with E-state index in [0.717, 1.165) is 38.0 Å². The number of benzene rings is 2. The van der Waals surface area contributed by atoms with Gasteiger partial charge in [0.15, 0.2) is 0 Å². The van der Waals surface area contributed by atoms with Gasteiger partial charge in [-0.05, 0) is 87.2 Å². The second-order valence-electron chi connectivity index (χ2n) is 9.00. The third-order valence-corrected chi connectivity index (χ3v) is 6.48. The molecule has 1 aliphatic carbocycles. The minimum atomic E-state index is 0. The number of ketones is 1. The summed E-state index contributed by atoms with van der Waals surface area (Å²) in [6.07, 6.45) is 7.30. The van der Waals surface area contributed by atoms with Gasteiger partial charge in [0, 0.05) is 12.3 Å². The maximum absolute atomic E-state index is 12.2. The molecule has 0 aromatic heterocycles. The molecule has 194 valence electrons. The molecule has 0 bridgehead atoms. The molecule has 2 aromatic rings. The van der Waals surface area contributed by atoms with E-state index in [9.17, 15) is 9.59 Å². The van der Waals surface area contributed by atoms with Gasteiger partial charge in [0.25, 0.3) is 0 Å². The molecule has 1 saturated carbocycles. The molecule has 1 fully saturated rings. The molecule has 3 rings (SSSR count). The first-order chi connectivity index (χ1) is 16.2. The van der Waals surface area contributed by atoms with Crippen molar-refractivity contribution in [1.29, 1.82) is 5.26 Å². The number of hydrogen-bond acceptors (Lipinski definition) is 3. The van der Waals surface area contributed by atoms with Crippen molar-refractivity contribution < 1.29 is 40.7 Å². The van der Waals surface area contributed by atoms with Gasteiger partial charge in [0.2, 0.25) is 5.91 Å². The minimum absolute atomic E-state index is 0. The largest absolute Gasteiger partial charge is 2.00 e. The predicted molar refractivity (Wildman–Crippen MR) is 147 cm³/mol. The number of amides is 1. The topological polar surface area (TPSA) is 70.0 Å². The van der Waals surface area contributed by atoms with E-state index in [0.29, 0.717) is 17.7 Å². The standard InChI is InChI=1S/C16H19N2O.C10H14.C4H8O.CH3.U/c1-2-12-6-8-14(9-7-12)16(19)18-15-5-3-4-13(10-15)11-17;1-4-10-8(2)6-5-7-9(10)3;1-3-4(2)5;;/h3,5,10,12,14H,2,6-9H2,1H3,(H,18,19);5-7H,4H2,1-3H3;3H2,1-2H3;1H3;/q-1;;;-1;+2. The summed E-state index contributed by atoms with van der Waals surface area (Å²) in [4.78, 5) is 22.0. The average Bonchev–Trinajstić information content (AvgIpc) is 2.85. The maximum atomic E-state index is 12.2. The quantitative estimate of drug-likeness (QED) is 0.322. The second-order valence-corrected chi connectivity index (χ2v) is 9.00. The van der Waals surface area contributed by atoms with E-state index < -0.39 is 0 Å². The molecule has 0 unspecified atom stereocenters. The normalized spacial score (nSPS) is 15.7. The molecule has 0 atom stereocenters. The van der Waals surface area contributed by atoms with Crippen LogP contribution >= 0.6 is 0 Å². The van der Waals surface area contributed by atoms with E-state index in [1.54, 1.807) is 25.1 Å². The molecule has 1 amide bonds. The summed E-state index contributed by atoms with van der Waals surface area (Å²) in [5.41, 5.74) is 5.48. The summed E-state index contributed by atoms with van der Waals surface area (Å²) < 4.78 is 0. The zero-order valence-electron chi connectivity index (χ0n) is 23.3. The van der Waals surface area contributed by atoms with Crippen LogP contribution in [0.3, 0.4) is 0 Å². The SMILES string of the molecule is CCC(C)=O.CCC1CCC(C(=O)Nc2cc[c-]c(C#N)c2)CC1.CCc1c(C)cccc1C.[CH3-].[U+2]. The van der Waals surface area contributed by atoms with Crippen LogP contribution in [0.5, 0.6) is 0 Å². The van der Waals surface area contributed by atoms with E-state index >= 15 is 0 Å². The van der Waals surface area contributed by atoms with Crippen LogP contribution in [0.4, 0.5) is 5.69 Å². The van der Waals surface area contributed by atoms with Crippen LogP contribution in [0.25, 0.3) is 0 Å². The molecule has 0 aliphatic heterocycles. The van der Waals surface area contributed by atoms with Gasteiger partial charge < -0.3 is 17.5 Å². The van der Waals surface area contributed by atoms with Gasteiger partial charge in [0.1, 0.15) is 5.78 Å². The predicted octanol–water partition coefficient (Wildman–Crippen LogP) is 7.81. The van der Waals surface area contributed by atoms with E-state index in [1.165, 1.54) is 23.1 Å². The number of Topliss-reactive ketones (excluding diaryl/α,β-unsaturated/α-hetero) is 1. The van der Waals surface area contributed by atoms with E-state index in [1.807, 2.05) is 13.0 Å². The van der Waals surface area contributed by atoms with Crippen LogP contribution in [0.15, 0.2) is 36.4 Å². The van der Waals surface area contributed by atoms with E-state index in [2.05, 4.69) is 57.3 Å². The number of carbonyl (C=O) groups is 2. The van der Waals surface area contributed by atoms with Gasteiger partial charge in [-0.2, -0.15) is 0 Å². The molecular weight excluding hydrogens is 670 g/mol.